The van der Waals surface area contributed by atoms with E-state index in [2.05, 4.69) is 43.0 Å². The first kappa shape index (κ1) is 14.2. The zero-order chi connectivity index (χ0) is 14.0. The van der Waals surface area contributed by atoms with Crippen LogP contribution in [0.5, 0.6) is 5.75 Å². The smallest absolute Gasteiger partial charge is 0.119 e. The van der Waals surface area contributed by atoms with E-state index in [1.54, 1.807) is 0 Å². The maximum absolute atomic E-state index is 6.08. The Hall–Kier alpha value is -1.22. The lowest BCUT2D eigenvalue weighted by molar-refractivity contribution is 0.242. The molecule has 1 aliphatic heterocycles. The molecule has 0 amide bonds. The molecule has 2 N–H and O–H groups in total. The van der Waals surface area contributed by atoms with Crippen molar-refractivity contribution in [2.75, 3.05) is 11.4 Å². The first-order valence-corrected chi connectivity index (χ1v) is 7.18. The summed E-state index contributed by atoms with van der Waals surface area (Å²) in [6.45, 7) is 9.65. The van der Waals surface area contributed by atoms with Crippen molar-refractivity contribution in [3.63, 3.8) is 0 Å². The van der Waals surface area contributed by atoms with Crippen LogP contribution in [-0.2, 0) is 0 Å². The third-order valence-electron chi connectivity index (χ3n) is 3.74. The summed E-state index contributed by atoms with van der Waals surface area (Å²) < 4.78 is 5.69. The predicted octanol–water partition coefficient (Wildman–Crippen LogP) is 3.18. The van der Waals surface area contributed by atoms with Gasteiger partial charge in [0.1, 0.15) is 5.75 Å². The Bertz CT molecular complexity index is 411. The van der Waals surface area contributed by atoms with Gasteiger partial charge in [0, 0.05) is 23.8 Å². The highest BCUT2D eigenvalue weighted by Crippen LogP contribution is 2.32. The second-order valence-electron chi connectivity index (χ2n) is 6.38. The maximum atomic E-state index is 6.08. The van der Waals surface area contributed by atoms with Crippen molar-refractivity contribution in [1.82, 2.24) is 0 Å². The average molecular weight is 262 g/mol. The van der Waals surface area contributed by atoms with E-state index in [9.17, 15) is 0 Å². The SMILES string of the molecule is CC(C)Oc1ccc(N2CCC(N)CC2(C)C)cc1. The lowest BCUT2D eigenvalue weighted by Crippen LogP contribution is -2.53. The monoisotopic (exact) mass is 262 g/mol. The van der Waals surface area contributed by atoms with E-state index in [0.29, 0.717) is 6.04 Å². The van der Waals surface area contributed by atoms with Crippen molar-refractivity contribution in [3.05, 3.63) is 24.3 Å². The van der Waals surface area contributed by atoms with Gasteiger partial charge in [-0.3, -0.25) is 0 Å². The van der Waals surface area contributed by atoms with Crippen LogP contribution in [-0.4, -0.2) is 24.2 Å². The molecule has 3 heteroatoms. The molecule has 1 atom stereocenters. The van der Waals surface area contributed by atoms with Gasteiger partial charge < -0.3 is 15.4 Å². The second-order valence-corrected chi connectivity index (χ2v) is 6.38. The number of piperidine rings is 1. The Morgan fingerprint density at radius 3 is 2.42 bits per heavy atom. The highest BCUT2D eigenvalue weighted by molar-refractivity contribution is 5.51. The number of hydrogen-bond acceptors (Lipinski definition) is 3. The number of hydrogen-bond donors (Lipinski definition) is 1. The van der Waals surface area contributed by atoms with Gasteiger partial charge in [-0.2, -0.15) is 0 Å². The van der Waals surface area contributed by atoms with Gasteiger partial charge in [-0.05, 0) is 64.8 Å². The highest BCUT2D eigenvalue weighted by atomic mass is 16.5. The second kappa shape index (κ2) is 5.41. The quantitative estimate of drug-likeness (QED) is 0.909. The van der Waals surface area contributed by atoms with Crippen LogP contribution in [0.2, 0.25) is 0 Å². The minimum atomic E-state index is 0.123. The Labute approximate surface area is 116 Å². The van der Waals surface area contributed by atoms with E-state index in [0.717, 1.165) is 25.1 Å². The molecule has 19 heavy (non-hydrogen) atoms. The molecule has 3 nitrogen and oxygen atoms in total. The fraction of sp³-hybridized carbons (Fsp3) is 0.625. The highest BCUT2D eigenvalue weighted by Gasteiger charge is 2.33. The Morgan fingerprint density at radius 1 is 1.26 bits per heavy atom. The van der Waals surface area contributed by atoms with Gasteiger partial charge in [0.25, 0.3) is 0 Å². The van der Waals surface area contributed by atoms with Gasteiger partial charge in [0.05, 0.1) is 6.10 Å². The summed E-state index contributed by atoms with van der Waals surface area (Å²) in [7, 11) is 0. The topological polar surface area (TPSA) is 38.5 Å². The van der Waals surface area contributed by atoms with Crippen LogP contribution >= 0.6 is 0 Å². The summed E-state index contributed by atoms with van der Waals surface area (Å²) in [5.41, 5.74) is 7.46. The van der Waals surface area contributed by atoms with Gasteiger partial charge in [0.15, 0.2) is 0 Å². The first-order chi connectivity index (χ1) is 8.88. The van der Waals surface area contributed by atoms with E-state index in [1.807, 2.05) is 13.8 Å². The minimum absolute atomic E-state index is 0.123. The third kappa shape index (κ3) is 3.41. The summed E-state index contributed by atoms with van der Waals surface area (Å²) in [6, 6.07) is 8.74. The molecule has 0 radical (unpaired) electrons. The largest absolute Gasteiger partial charge is 0.491 e. The molecule has 0 aliphatic carbocycles. The van der Waals surface area contributed by atoms with E-state index >= 15 is 0 Å². The van der Waals surface area contributed by atoms with Crippen LogP contribution in [0, 0.1) is 0 Å². The van der Waals surface area contributed by atoms with Gasteiger partial charge in [-0.1, -0.05) is 0 Å². The molecule has 1 saturated heterocycles. The summed E-state index contributed by atoms with van der Waals surface area (Å²) in [5, 5.41) is 0. The number of benzene rings is 1. The van der Waals surface area contributed by atoms with Crippen LogP contribution in [0.1, 0.15) is 40.5 Å². The number of ether oxygens (including phenoxy) is 1. The van der Waals surface area contributed by atoms with Crippen LogP contribution in [0.3, 0.4) is 0 Å². The summed E-state index contributed by atoms with van der Waals surface area (Å²) >= 11 is 0. The molecule has 0 bridgehead atoms. The first-order valence-electron chi connectivity index (χ1n) is 7.18. The third-order valence-corrected chi connectivity index (χ3v) is 3.74. The molecular formula is C16H26N2O. The zero-order valence-electron chi connectivity index (χ0n) is 12.5. The molecule has 1 heterocycles. The number of anilines is 1. The van der Waals surface area contributed by atoms with Gasteiger partial charge in [-0.25, -0.2) is 0 Å². The molecule has 1 fully saturated rings. The number of rotatable bonds is 3. The lowest BCUT2D eigenvalue weighted by Gasteiger charge is -2.46. The summed E-state index contributed by atoms with van der Waals surface area (Å²) in [5.74, 6) is 0.935. The van der Waals surface area contributed by atoms with Crippen LogP contribution in [0.15, 0.2) is 24.3 Å². The van der Waals surface area contributed by atoms with E-state index in [1.165, 1.54) is 5.69 Å². The van der Waals surface area contributed by atoms with Crippen molar-refractivity contribution in [2.45, 2.75) is 58.2 Å². The van der Waals surface area contributed by atoms with Crippen molar-refractivity contribution in [1.29, 1.82) is 0 Å². The lowest BCUT2D eigenvalue weighted by atomic mass is 9.87. The molecule has 106 valence electrons. The summed E-state index contributed by atoms with van der Waals surface area (Å²) in [6.07, 6.45) is 2.32. The maximum Gasteiger partial charge on any atom is 0.119 e. The van der Waals surface area contributed by atoms with Crippen molar-refractivity contribution in [2.24, 2.45) is 5.73 Å². The molecule has 1 aromatic carbocycles. The van der Waals surface area contributed by atoms with Gasteiger partial charge in [-0.15, -0.1) is 0 Å². The predicted molar refractivity (Wildman–Crippen MR) is 80.8 cm³/mol. The molecule has 1 unspecified atom stereocenters. The molecule has 0 saturated carbocycles. The van der Waals surface area contributed by atoms with Crippen molar-refractivity contribution >= 4 is 5.69 Å². The van der Waals surface area contributed by atoms with Crippen LogP contribution in [0.25, 0.3) is 0 Å². The molecule has 2 rings (SSSR count). The van der Waals surface area contributed by atoms with Crippen LogP contribution in [0.4, 0.5) is 5.69 Å². The normalized spacial score (nSPS) is 22.6. The van der Waals surface area contributed by atoms with Gasteiger partial charge >= 0.3 is 0 Å². The van der Waals surface area contributed by atoms with E-state index < -0.39 is 0 Å². The molecule has 0 aromatic heterocycles. The van der Waals surface area contributed by atoms with Crippen LogP contribution < -0.4 is 15.4 Å². The van der Waals surface area contributed by atoms with E-state index in [-0.39, 0.29) is 11.6 Å². The Morgan fingerprint density at radius 2 is 1.89 bits per heavy atom. The van der Waals surface area contributed by atoms with Gasteiger partial charge in [0.2, 0.25) is 0 Å². The van der Waals surface area contributed by atoms with E-state index in [4.69, 9.17) is 10.5 Å². The number of nitrogens with zero attached hydrogens (tertiary/aromatic N) is 1. The summed E-state index contributed by atoms with van der Waals surface area (Å²) in [4.78, 5) is 2.45. The fourth-order valence-electron chi connectivity index (χ4n) is 2.91. The standard InChI is InChI=1S/C16H26N2O/c1-12(2)19-15-7-5-14(6-8-15)18-10-9-13(17)11-16(18,3)4/h5-8,12-13H,9-11,17H2,1-4H3. The van der Waals surface area contributed by atoms with Crippen molar-refractivity contribution in [3.8, 4) is 5.75 Å². The molecule has 1 aliphatic rings. The molecular weight excluding hydrogens is 236 g/mol. The minimum Gasteiger partial charge on any atom is -0.491 e. The van der Waals surface area contributed by atoms with Crippen molar-refractivity contribution < 1.29 is 4.74 Å². The molecule has 0 spiro atoms. The zero-order valence-corrected chi connectivity index (χ0v) is 12.5. The Balaban J connectivity index is 2.13. The molecule has 1 aromatic rings. The fourth-order valence-corrected chi connectivity index (χ4v) is 2.91. The number of nitrogens with two attached hydrogens (primary N) is 1. The average Bonchev–Trinajstić information content (AvgIpc) is 2.28. The Kier molecular flexibility index (Phi) is 4.04.